The molecule has 4 rings (SSSR count). The van der Waals surface area contributed by atoms with E-state index < -0.39 is 0 Å². The molecule has 1 aromatic carbocycles. The van der Waals surface area contributed by atoms with Crippen LogP contribution in [0.25, 0.3) is 21.5 Å². The molecule has 1 aliphatic heterocycles. The SMILES string of the molecule is NC(=O)CCC1CCCN(C(=O)c2cc(-c3ccc(Cl)s3)nc3ccccc23)C1. The summed E-state index contributed by atoms with van der Waals surface area (Å²) in [5, 5.41) is 0.850. The van der Waals surface area contributed by atoms with Crippen molar-refractivity contribution in [1.29, 1.82) is 0 Å². The third kappa shape index (κ3) is 4.43. The van der Waals surface area contributed by atoms with Crippen LogP contribution in [0.5, 0.6) is 0 Å². The third-order valence-electron chi connectivity index (χ3n) is 5.38. The first-order valence-electron chi connectivity index (χ1n) is 9.74. The Labute approximate surface area is 178 Å². The van der Waals surface area contributed by atoms with Crippen molar-refractivity contribution >= 4 is 45.7 Å². The Hall–Kier alpha value is -2.44. The van der Waals surface area contributed by atoms with E-state index in [4.69, 9.17) is 22.3 Å². The monoisotopic (exact) mass is 427 g/mol. The lowest BCUT2D eigenvalue weighted by Gasteiger charge is -2.33. The summed E-state index contributed by atoms with van der Waals surface area (Å²) in [4.78, 5) is 32.2. The molecule has 1 aliphatic rings. The van der Waals surface area contributed by atoms with Gasteiger partial charge in [-0.3, -0.25) is 9.59 Å². The number of amides is 2. The van der Waals surface area contributed by atoms with E-state index in [9.17, 15) is 9.59 Å². The number of hydrogen-bond acceptors (Lipinski definition) is 4. The Bertz CT molecular complexity index is 1070. The first kappa shape index (κ1) is 19.9. The number of nitrogens with zero attached hydrogens (tertiary/aromatic N) is 2. The van der Waals surface area contributed by atoms with Gasteiger partial charge in [0.05, 0.1) is 26.0 Å². The van der Waals surface area contributed by atoms with Crippen molar-refractivity contribution in [2.45, 2.75) is 25.7 Å². The molecule has 1 fully saturated rings. The molecule has 2 amide bonds. The number of aromatic nitrogens is 1. The first-order valence-corrected chi connectivity index (χ1v) is 10.9. The molecular formula is C22H22ClN3O2S. The van der Waals surface area contributed by atoms with Crippen LogP contribution in [0.1, 0.15) is 36.0 Å². The predicted molar refractivity (Wildman–Crippen MR) is 117 cm³/mol. The number of carbonyl (C=O) groups is 2. The van der Waals surface area contributed by atoms with E-state index in [0.29, 0.717) is 28.8 Å². The molecule has 150 valence electrons. The molecule has 5 nitrogen and oxygen atoms in total. The fourth-order valence-corrected chi connectivity index (χ4v) is 4.94. The maximum Gasteiger partial charge on any atom is 0.254 e. The fraction of sp³-hybridized carbons (Fsp3) is 0.318. The average Bonchev–Trinajstić information content (AvgIpc) is 3.17. The van der Waals surface area contributed by atoms with Crippen LogP contribution in [-0.4, -0.2) is 34.8 Å². The molecule has 1 saturated heterocycles. The quantitative estimate of drug-likeness (QED) is 0.639. The van der Waals surface area contributed by atoms with Crippen LogP contribution in [0, 0.1) is 5.92 Å². The second-order valence-electron chi connectivity index (χ2n) is 7.44. The second kappa shape index (κ2) is 8.51. The van der Waals surface area contributed by atoms with E-state index in [1.807, 2.05) is 47.4 Å². The van der Waals surface area contributed by atoms with Crippen LogP contribution in [-0.2, 0) is 4.79 Å². The van der Waals surface area contributed by atoms with Gasteiger partial charge < -0.3 is 10.6 Å². The van der Waals surface area contributed by atoms with Crippen LogP contribution < -0.4 is 5.73 Å². The Balaban J connectivity index is 1.67. The summed E-state index contributed by atoms with van der Waals surface area (Å²) in [5.74, 6) is 0.0352. The van der Waals surface area contributed by atoms with Gasteiger partial charge in [0.2, 0.25) is 5.91 Å². The normalized spacial score (nSPS) is 16.9. The molecule has 3 aromatic rings. The Morgan fingerprint density at radius 3 is 2.83 bits per heavy atom. The van der Waals surface area contributed by atoms with Crippen LogP contribution in [0.4, 0.5) is 0 Å². The Morgan fingerprint density at radius 1 is 1.24 bits per heavy atom. The summed E-state index contributed by atoms with van der Waals surface area (Å²) >= 11 is 7.55. The average molecular weight is 428 g/mol. The highest BCUT2D eigenvalue weighted by Crippen LogP contribution is 2.33. The van der Waals surface area contributed by atoms with E-state index in [-0.39, 0.29) is 11.8 Å². The lowest BCUT2D eigenvalue weighted by molar-refractivity contribution is -0.118. The molecule has 0 bridgehead atoms. The topological polar surface area (TPSA) is 76.3 Å². The number of hydrogen-bond donors (Lipinski definition) is 1. The molecule has 7 heteroatoms. The number of primary amides is 1. The Kier molecular flexibility index (Phi) is 5.83. The van der Waals surface area contributed by atoms with E-state index >= 15 is 0 Å². The zero-order valence-electron chi connectivity index (χ0n) is 15.9. The number of nitrogens with two attached hydrogens (primary N) is 1. The number of likely N-dealkylation sites (tertiary alicyclic amines) is 1. The number of para-hydroxylation sites is 1. The molecule has 3 heterocycles. The number of benzene rings is 1. The molecule has 1 atom stereocenters. The van der Waals surface area contributed by atoms with E-state index in [0.717, 1.165) is 47.3 Å². The lowest BCUT2D eigenvalue weighted by Crippen LogP contribution is -2.40. The maximum absolute atomic E-state index is 13.5. The molecular weight excluding hydrogens is 406 g/mol. The van der Waals surface area contributed by atoms with Crippen LogP contribution in [0.3, 0.4) is 0 Å². The van der Waals surface area contributed by atoms with Gasteiger partial charge >= 0.3 is 0 Å². The molecule has 29 heavy (non-hydrogen) atoms. The molecule has 0 radical (unpaired) electrons. The van der Waals surface area contributed by atoms with Gasteiger partial charge in [-0.1, -0.05) is 29.8 Å². The van der Waals surface area contributed by atoms with Crippen molar-refractivity contribution in [2.24, 2.45) is 11.7 Å². The van der Waals surface area contributed by atoms with Crippen molar-refractivity contribution in [3.05, 3.63) is 52.4 Å². The highest BCUT2D eigenvalue weighted by atomic mass is 35.5. The summed E-state index contributed by atoms with van der Waals surface area (Å²) in [6, 6.07) is 13.4. The predicted octanol–water partition coefficient (Wildman–Crippen LogP) is 4.73. The van der Waals surface area contributed by atoms with Gasteiger partial charge in [-0.15, -0.1) is 11.3 Å². The number of halogens is 1. The lowest BCUT2D eigenvalue weighted by atomic mass is 9.92. The smallest absolute Gasteiger partial charge is 0.254 e. The van der Waals surface area contributed by atoms with E-state index in [1.54, 1.807) is 0 Å². The summed E-state index contributed by atoms with van der Waals surface area (Å²) in [6.45, 7) is 1.38. The highest BCUT2D eigenvalue weighted by Gasteiger charge is 2.26. The van der Waals surface area contributed by atoms with Crippen molar-refractivity contribution < 1.29 is 9.59 Å². The van der Waals surface area contributed by atoms with Gasteiger partial charge in [-0.25, -0.2) is 4.98 Å². The third-order valence-corrected chi connectivity index (χ3v) is 6.63. The van der Waals surface area contributed by atoms with Crippen molar-refractivity contribution in [3.8, 4) is 10.6 Å². The minimum atomic E-state index is -0.284. The maximum atomic E-state index is 13.5. The number of thiophene rings is 1. The number of pyridine rings is 1. The highest BCUT2D eigenvalue weighted by molar-refractivity contribution is 7.19. The number of fused-ring (bicyclic) bond motifs is 1. The van der Waals surface area contributed by atoms with Gasteiger partial charge in [-0.05, 0) is 49.4 Å². The Morgan fingerprint density at radius 2 is 2.07 bits per heavy atom. The van der Waals surface area contributed by atoms with E-state index in [1.165, 1.54) is 11.3 Å². The van der Waals surface area contributed by atoms with Crippen molar-refractivity contribution in [1.82, 2.24) is 9.88 Å². The zero-order valence-corrected chi connectivity index (χ0v) is 17.5. The first-order chi connectivity index (χ1) is 14.0. The van der Waals surface area contributed by atoms with Gasteiger partial charge in [0.15, 0.2) is 0 Å². The molecule has 0 spiro atoms. The number of rotatable bonds is 5. The molecule has 0 aliphatic carbocycles. The molecule has 2 aromatic heterocycles. The minimum absolute atomic E-state index is 0.0104. The summed E-state index contributed by atoms with van der Waals surface area (Å²) in [5.41, 5.74) is 7.50. The van der Waals surface area contributed by atoms with Crippen LogP contribution in [0.2, 0.25) is 4.34 Å². The summed E-state index contributed by atoms with van der Waals surface area (Å²) in [6.07, 6.45) is 3.06. The van der Waals surface area contributed by atoms with Crippen LogP contribution in [0.15, 0.2) is 42.5 Å². The number of piperidine rings is 1. The van der Waals surface area contributed by atoms with Crippen molar-refractivity contribution in [2.75, 3.05) is 13.1 Å². The largest absolute Gasteiger partial charge is 0.370 e. The number of carbonyl (C=O) groups excluding carboxylic acids is 2. The van der Waals surface area contributed by atoms with Gasteiger partial charge in [0.1, 0.15) is 0 Å². The molecule has 0 saturated carbocycles. The fourth-order valence-electron chi connectivity index (χ4n) is 3.93. The van der Waals surface area contributed by atoms with Gasteiger partial charge in [0.25, 0.3) is 5.91 Å². The van der Waals surface area contributed by atoms with Crippen LogP contribution >= 0.6 is 22.9 Å². The van der Waals surface area contributed by atoms with Crippen molar-refractivity contribution in [3.63, 3.8) is 0 Å². The second-order valence-corrected chi connectivity index (χ2v) is 9.16. The minimum Gasteiger partial charge on any atom is -0.370 e. The molecule has 2 N–H and O–H groups in total. The summed E-state index contributed by atoms with van der Waals surface area (Å²) in [7, 11) is 0. The van der Waals surface area contributed by atoms with Gasteiger partial charge in [-0.2, -0.15) is 0 Å². The zero-order chi connectivity index (χ0) is 20.4. The molecule has 1 unspecified atom stereocenters. The summed E-state index contributed by atoms with van der Waals surface area (Å²) < 4.78 is 0.691. The van der Waals surface area contributed by atoms with Gasteiger partial charge in [0, 0.05) is 24.9 Å². The van der Waals surface area contributed by atoms with E-state index in [2.05, 4.69) is 0 Å². The standard InChI is InChI=1S/C22H22ClN3O2S/c23-20-9-8-19(29-20)18-12-16(15-5-1-2-6-17(15)25-18)22(28)26-11-3-4-14(13-26)7-10-21(24)27/h1-2,5-6,8-9,12,14H,3-4,7,10-11,13H2,(H2,24,27).